The monoisotopic (exact) mass is 350 g/mol. The van der Waals surface area contributed by atoms with Gasteiger partial charge in [0.2, 0.25) is 5.91 Å². The second-order valence-electron chi connectivity index (χ2n) is 6.84. The van der Waals surface area contributed by atoms with E-state index in [1.807, 2.05) is 47.4 Å². The van der Waals surface area contributed by atoms with Crippen LogP contribution in [-0.2, 0) is 11.2 Å². The van der Waals surface area contributed by atoms with Gasteiger partial charge in [0.1, 0.15) is 0 Å². The molecule has 0 radical (unpaired) electrons. The number of benzene rings is 2. The summed E-state index contributed by atoms with van der Waals surface area (Å²) in [6.07, 6.45) is 4.72. The molecule has 136 valence electrons. The van der Waals surface area contributed by atoms with Gasteiger partial charge >= 0.3 is 0 Å². The quantitative estimate of drug-likeness (QED) is 0.875. The zero-order valence-electron chi connectivity index (χ0n) is 15.3. The number of anilines is 1. The van der Waals surface area contributed by atoms with Crippen molar-refractivity contribution in [3.05, 3.63) is 65.7 Å². The Labute approximate surface area is 155 Å². The van der Waals surface area contributed by atoms with Crippen molar-refractivity contribution in [2.75, 3.05) is 11.9 Å². The van der Waals surface area contributed by atoms with E-state index in [9.17, 15) is 9.59 Å². The highest BCUT2D eigenvalue weighted by atomic mass is 16.2. The van der Waals surface area contributed by atoms with E-state index in [-0.39, 0.29) is 11.8 Å². The topological polar surface area (TPSA) is 49.4 Å². The first kappa shape index (κ1) is 18.2. The summed E-state index contributed by atoms with van der Waals surface area (Å²) in [5.41, 5.74) is 2.38. The highest BCUT2D eigenvalue weighted by Gasteiger charge is 2.26. The number of nitrogens with zero attached hydrogens (tertiary/aromatic N) is 1. The Morgan fingerprint density at radius 2 is 1.77 bits per heavy atom. The summed E-state index contributed by atoms with van der Waals surface area (Å²) in [4.78, 5) is 26.9. The molecule has 4 heteroatoms. The molecule has 0 spiro atoms. The maximum Gasteiger partial charge on any atom is 0.254 e. The lowest BCUT2D eigenvalue weighted by molar-refractivity contribution is -0.115. The van der Waals surface area contributed by atoms with Gasteiger partial charge < -0.3 is 10.2 Å². The van der Waals surface area contributed by atoms with Crippen LogP contribution in [0.5, 0.6) is 0 Å². The Morgan fingerprint density at radius 1 is 1.04 bits per heavy atom. The number of amides is 2. The lowest BCUT2D eigenvalue weighted by atomic mass is 9.99. The molecule has 0 bridgehead atoms. The lowest BCUT2D eigenvalue weighted by Gasteiger charge is -2.35. The van der Waals surface area contributed by atoms with Crippen LogP contribution in [0.3, 0.4) is 0 Å². The van der Waals surface area contributed by atoms with Crippen molar-refractivity contribution < 1.29 is 9.59 Å². The second kappa shape index (κ2) is 8.65. The molecular weight excluding hydrogens is 324 g/mol. The normalized spacial score (nSPS) is 17.0. The Kier molecular flexibility index (Phi) is 6.05. The van der Waals surface area contributed by atoms with Gasteiger partial charge in [-0.2, -0.15) is 0 Å². The molecule has 0 saturated carbocycles. The van der Waals surface area contributed by atoms with Gasteiger partial charge in [0.05, 0.1) is 6.42 Å². The number of carbonyl (C=O) groups is 2. The maximum atomic E-state index is 12.8. The van der Waals surface area contributed by atoms with Crippen LogP contribution >= 0.6 is 0 Å². The van der Waals surface area contributed by atoms with E-state index in [0.29, 0.717) is 23.7 Å². The van der Waals surface area contributed by atoms with Crippen LogP contribution in [0.4, 0.5) is 5.69 Å². The number of rotatable bonds is 5. The molecule has 2 amide bonds. The standard InChI is InChI=1S/C22H26N2O2/c1-2-20-10-6-7-15-24(20)22(26)18-11-13-19(14-12-18)23-21(25)16-17-8-4-3-5-9-17/h3-5,8-9,11-14,20H,2,6-7,10,15-16H2,1H3,(H,23,25). The molecule has 0 aliphatic carbocycles. The zero-order chi connectivity index (χ0) is 18.4. The SMILES string of the molecule is CCC1CCCCN1C(=O)c1ccc(NC(=O)Cc2ccccc2)cc1. The molecule has 26 heavy (non-hydrogen) atoms. The maximum absolute atomic E-state index is 12.8. The number of piperidine rings is 1. The van der Waals surface area contributed by atoms with Crippen molar-refractivity contribution >= 4 is 17.5 Å². The van der Waals surface area contributed by atoms with Crippen molar-refractivity contribution in [3.63, 3.8) is 0 Å². The average molecular weight is 350 g/mol. The third-order valence-corrected chi connectivity index (χ3v) is 4.98. The lowest BCUT2D eigenvalue weighted by Crippen LogP contribution is -2.43. The summed E-state index contributed by atoms with van der Waals surface area (Å²) in [5, 5.41) is 2.89. The first-order valence-electron chi connectivity index (χ1n) is 9.42. The molecule has 2 aromatic carbocycles. The van der Waals surface area contributed by atoms with Crippen LogP contribution < -0.4 is 5.32 Å². The van der Waals surface area contributed by atoms with E-state index in [0.717, 1.165) is 31.4 Å². The van der Waals surface area contributed by atoms with E-state index in [1.54, 1.807) is 12.1 Å². The van der Waals surface area contributed by atoms with Gasteiger partial charge in [-0.05, 0) is 55.5 Å². The van der Waals surface area contributed by atoms with Crippen LogP contribution in [0.25, 0.3) is 0 Å². The first-order chi connectivity index (χ1) is 12.7. The van der Waals surface area contributed by atoms with E-state index in [4.69, 9.17) is 0 Å². The molecule has 0 aromatic heterocycles. The number of hydrogen-bond acceptors (Lipinski definition) is 2. The summed E-state index contributed by atoms with van der Waals surface area (Å²) in [5.74, 6) is 0.0380. The van der Waals surface area contributed by atoms with E-state index in [2.05, 4.69) is 12.2 Å². The molecule has 1 fully saturated rings. The molecule has 3 rings (SSSR count). The van der Waals surface area contributed by atoms with Crippen molar-refractivity contribution in [2.45, 2.75) is 45.1 Å². The highest BCUT2D eigenvalue weighted by Crippen LogP contribution is 2.22. The third kappa shape index (κ3) is 4.51. The number of carbonyl (C=O) groups excluding carboxylic acids is 2. The predicted molar refractivity (Wildman–Crippen MR) is 104 cm³/mol. The first-order valence-corrected chi connectivity index (χ1v) is 9.42. The third-order valence-electron chi connectivity index (χ3n) is 4.98. The molecule has 1 aliphatic heterocycles. The second-order valence-corrected chi connectivity index (χ2v) is 6.84. The number of hydrogen-bond donors (Lipinski definition) is 1. The fraction of sp³-hybridized carbons (Fsp3) is 0.364. The van der Waals surface area contributed by atoms with Crippen LogP contribution in [-0.4, -0.2) is 29.3 Å². The Morgan fingerprint density at radius 3 is 2.46 bits per heavy atom. The predicted octanol–water partition coefficient (Wildman–Crippen LogP) is 4.27. The van der Waals surface area contributed by atoms with Crippen LogP contribution in [0, 0.1) is 0 Å². The summed E-state index contributed by atoms with van der Waals surface area (Å²) >= 11 is 0. The summed E-state index contributed by atoms with van der Waals surface area (Å²) in [6.45, 7) is 2.98. The van der Waals surface area contributed by atoms with Gasteiger partial charge in [0.15, 0.2) is 0 Å². The Balaban J connectivity index is 1.61. The largest absolute Gasteiger partial charge is 0.336 e. The minimum absolute atomic E-state index is 0.0580. The fourth-order valence-electron chi connectivity index (χ4n) is 3.54. The van der Waals surface area contributed by atoms with Crippen molar-refractivity contribution in [1.29, 1.82) is 0 Å². The van der Waals surface area contributed by atoms with Crippen molar-refractivity contribution in [1.82, 2.24) is 4.90 Å². The summed E-state index contributed by atoms with van der Waals surface area (Å²) in [7, 11) is 0. The minimum Gasteiger partial charge on any atom is -0.336 e. The van der Waals surface area contributed by atoms with E-state index >= 15 is 0 Å². The van der Waals surface area contributed by atoms with Crippen LogP contribution in [0.15, 0.2) is 54.6 Å². The molecule has 1 saturated heterocycles. The zero-order valence-corrected chi connectivity index (χ0v) is 15.3. The molecule has 1 heterocycles. The van der Waals surface area contributed by atoms with Gasteiger partial charge in [-0.1, -0.05) is 37.3 Å². The van der Waals surface area contributed by atoms with E-state index in [1.165, 1.54) is 6.42 Å². The molecule has 1 unspecified atom stereocenters. The highest BCUT2D eigenvalue weighted by molar-refractivity contribution is 5.96. The molecule has 1 N–H and O–H groups in total. The number of likely N-dealkylation sites (tertiary alicyclic amines) is 1. The minimum atomic E-state index is -0.0580. The van der Waals surface area contributed by atoms with Gasteiger partial charge in [-0.25, -0.2) is 0 Å². The fourth-order valence-corrected chi connectivity index (χ4v) is 3.54. The molecule has 2 aromatic rings. The Hall–Kier alpha value is -2.62. The van der Waals surface area contributed by atoms with Gasteiger partial charge in [-0.3, -0.25) is 9.59 Å². The molecule has 4 nitrogen and oxygen atoms in total. The number of nitrogens with one attached hydrogen (secondary N) is 1. The Bertz CT molecular complexity index is 740. The van der Waals surface area contributed by atoms with Crippen molar-refractivity contribution in [2.24, 2.45) is 0 Å². The molecule has 1 atom stereocenters. The van der Waals surface area contributed by atoms with Gasteiger partial charge in [-0.15, -0.1) is 0 Å². The molecular formula is C22H26N2O2. The average Bonchev–Trinajstić information content (AvgIpc) is 2.68. The molecule has 1 aliphatic rings. The van der Waals surface area contributed by atoms with Gasteiger partial charge in [0, 0.05) is 23.8 Å². The smallest absolute Gasteiger partial charge is 0.254 e. The van der Waals surface area contributed by atoms with Crippen molar-refractivity contribution in [3.8, 4) is 0 Å². The van der Waals surface area contributed by atoms with Crippen LogP contribution in [0.1, 0.15) is 48.5 Å². The van der Waals surface area contributed by atoms with Gasteiger partial charge in [0.25, 0.3) is 5.91 Å². The van der Waals surface area contributed by atoms with Crippen LogP contribution in [0.2, 0.25) is 0 Å². The summed E-state index contributed by atoms with van der Waals surface area (Å²) < 4.78 is 0. The summed E-state index contributed by atoms with van der Waals surface area (Å²) in [6, 6.07) is 17.2. The van der Waals surface area contributed by atoms with E-state index < -0.39 is 0 Å².